The SMILES string of the molecule is Cc1cccc(NC(=S)N[C@H](C)[C@H](c2ccccc2)[NH+]2CC[NH+](C)CC2)c1C. The first kappa shape index (κ1) is 20.8. The van der Waals surface area contributed by atoms with Gasteiger partial charge in [0.15, 0.2) is 5.11 Å². The molecule has 1 aliphatic rings. The van der Waals surface area contributed by atoms with E-state index in [9.17, 15) is 0 Å². The maximum Gasteiger partial charge on any atom is 0.171 e. The molecule has 3 rings (SSSR count). The van der Waals surface area contributed by atoms with Crippen molar-refractivity contribution in [3.05, 3.63) is 65.2 Å². The Bertz CT molecular complexity index is 784. The van der Waals surface area contributed by atoms with Gasteiger partial charge >= 0.3 is 0 Å². The lowest BCUT2D eigenvalue weighted by atomic mass is 9.98. The van der Waals surface area contributed by atoms with Crippen molar-refractivity contribution in [1.29, 1.82) is 0 Å². The van der Waals surface area contributed by atoms with Crippen LogP contribution in [0, 0.1) is 13.8 Å². The van der Waals surface area contributed by atoms with E-state index in [1.807, 2.05) is 0 Å². The molecule has 2 aromatic carbocycles. The monoisotopic (exact) mass is 398 g/mol. The molecule has 150 valence electrons. The van der Waals surface area contributed by atoms with Gasteiger partial charge in [0, 0.05) is 11.3 Å². The van der Waals surface area contributed by atoms with Crippen LogP contribution in [0.2, 0.25) is 0 Å². The van der Waals surface area contributed by atoms with Crippen LogP contribution in [-0.2, 0) is 0 Å². The van der Waals surface area contributed by atoms with Gasteiger partial charge in [-0.15, -0.1) is 0 Å². The van der Waals surface area contributed by atoms with E-state index in [-0.39, 0.29) is 6.04 Å². The van der Waals surface area contributed by atoms with Crippen molar-refractivity contribution in [2.45, 2.75) is 32.9 Å². The van der Waals surface area contributed by atoms with Gasteiger partial charge in [0.2, 0.25) is 0 Å². The van der Waals surface area contributed by atoms with E-state index in [0.29, 0.717) is 11.2 Å². The lowest BCUT2D eigenvalue weighted by Gasteiger charge is -2.37. The van der Waals surface area contributed by atoms with Gasteiger partial charge in [-0.25, -0.2) is 0 Å². The predicted octanol–water partition coefficient (Wildman–Crippen LogP) is 1.13. The summed E-state index contributed by atoms with van der Waals surface area (Å²) < 4.78 is 0. The molecule has 1 heterocycles. The van der Waals surface area contributed by atoms with Gasteiger partial charge in [0.05, 0.1) is 13.1 Å². The topological polar surface area (TPSA) is 32.9 Å². The Morgan fingerprint density at radius 3 is 2.32 bits per heavy atom. The molecule has 2 atom stereocenters. The summed E-state index contributed by atoms with van der Waals surface area (Å²) in [4.78, 5) is 3.27. The van der Waals surface area contributed by atoms with Gasteiger partial charge in [-0.2, -0.15) is 0 Å². The fraction of sp³-hybridized carbons (Fsp3) is 0.435. The van der Waals surface area contributed by atoms with Crippen molar-refractivity contribution in [2.75, 3.05) is 38.5 Å². The number of benzene rings is 2. The van der Waals surface area contributed by atoms with Crippen molar-refractivity contribution in [3.8, 4) is 0 Å². The van der Waals surface area contributed by atoms with E-state index in [0.717, 1.165) is 5.69 Å². The quantitative estimate of drug-likeness (QED) is 0.570. The Balaban J connectivity index is 1.72. The molecule has 1 fully saturated rings. The zero-order valence-electron chi connectivity index (χ0n) is 17.5. The third-order valence-electron chi connectivity index (χ3n) is 6.06. The second kappa shape index (κ2) is 9.50. The first-order valence-corrected chi connectivity index (χ1v) is 10.7. The van der Waals surface area contributed by atoms with Gasteiger partial charge in [0.25, 0.3) is 0 Å². The second-order valence-corrected chi connectivity index (χ2v) is 8.55. The van der Waals surface area contributed by atoms with Crippen LogP contribution in [0.1, 0.15) is 29.7 Å². The zero-order valence-corrected chi connectivity index (χ0v) is 18.3. The molecule has 0 saturated carbocycles. The molecule has 0 aromatic heterocycles. The number of hydrogen-bond acceptors (Lipinski definition) is 1. The minimum absolute atomic E-state index is 0.237. The Morgan fingerprint density at radius 2 is 1.64 bits per heavy atom. The minimum atomic E-state index is 0.237. The standard InChI is InChI=1S/C23H32N4S/c1-17-9-8-12-21(18(17)2)25-23(28)24-19(3)22(20-10-6-5-7-11-20)27-15-13-26(4)14-16-27/h5-12,19,22H,13-16H2,1-4H3,(H2,24,25,28)/p+2/t19-,22-/m1/s1. The Kier molecular flexibility index (Phi) is 7.05. The number of nitrogens with one attached hydrogen (secondary N) is 4. The van der Waals surface area contributed by atoms with Crippen LogP contribution in [-0.4, -0.2) is 44.4 Å². The van der Waals surface area contributed by atoms with Crippen molar-refractivity contribution in [3.63, 3.8) is 0 Å². The lowest BCUT2D eigenvalue weighted by Crippen LogP contribution is -3.27. The van der Waals surface area contributed by atoms with Crippen LogP contribution in [0.4, 0.5) is 5.69 Å². The highest BCUT2D eigenvalue weighted by atomic mass is 32.1. The highest BCUT2D eigenvalue weighted by Gasteiger charge is 2.33. The zero-order chi connectivity index (χ0) is 20.1. The van der Waals surface area contributed by atoms with Crippen molar-refractivity contribution >= 4 is 23.0 Å². The maximum absolute atomic E-state index is 5.67. The van der Waals surface area contributed by atoms with Crippen molar-refractivity contribution < 1.29 is 9.80 Å². The molecule has 2 aromatic rings. The molecule has 4 nitrogen and oxygen atoms in total. The summed E-state index contributed by atoms with van der Waals surface area (Å²) in [6, 6.07) is 17.8. The van der Waals surface area contributed by atoms with Gasteiger partial charge < -0.3 is 20.4 Å². The summed E-state index contributed by atoms with van der Waals surface area (Å²) in [6.45, 7) is 11.3. The fourth-order valence-corrected chi connectivity index (χ4v) is 4.48. The van der Waals surface area contributed by atoms with Crippen LogP contribution in [0.3, 0.4) is 0 Å². The molecular weight excluding hydrogens is 364 g/mol. The lowest BCUT2D eigenvalue weighted by molar-refractivity contribution is -1.02. The number of thiocarbonyl (C=S) groups is 1. The van der Waals surface area contributed by atoms with E-state index in [1.54, 1.807) is 9.80 Å². The molecule has 0 radical (unpaired) electrons. The Labute approximate surface area is 174 Å². The predicted molar refractivity (Wildman–Crippen MR) is 121 cm³/mol. The first-order chi connectivity index (χ1) is 13.5. The van der Waals surface area contributed by atoms with Gasteiger partial charge in [-0.1, -0.05) is 42.5 Å². The molecule has 0 unspecified atom stereocenters. The van der Waals surface area contributed by atoms with Gasteiger partial charge in [0.1, 0.15) is 32.2 Å². The van der Waals surface area contributed by atoms with Crippen LogP contribution in [0.15, 0.2) is 48.5 Å². The number of rotatable bonds is 5. The fourth-order valence-electron chi connectivity index (χ4n) is 4.18. The maximum atomic E-state index is 5.67. The highest BCUT2D eigenvalue weighted by molar-refractivity contribution is 7.80. The summed E-state index contributed by atoms with van der Waals surface area (Å²) in [7, 11) is 2.29. The molecule has 0 bridgehead atoms. The summed E-state index contributed by atoms with van der Waals surface area (Å²) in [5.74, 6) is 0. The molecule has 28 heavy (non-hydrogen) atoms. The van der Waals surface area contributed by atoms with E-state index in [2.05, 4.69) is 87.0 Å². The molecule has 0 aliphatic carbocycles. The third kappa shape index (κ3) is 5.10. The number of likely N-dealkylation sites (N-methyl/N-ethyl adjacent to an activating group) is 1. The van der Waals surface area contributed by atoms with Gasteiger partial charge in [-0.05, 0) is 50.2 Å². The number of aryl methyl sites for hydroxylation is 1. The molecule has 5 heteroatoms. The highest BCUT2D eigenvalue weighted by Crippen LogP contribution is 2.18. The Hall–Kier alpha value is -1.95. The summed E-state index contributed by atoms with van der Waals surface area (Å²) >= 11 is 5.67. The Morgan fingerprint density at radius 1 is 0.964 bits per heavy atom. The molecule has 4 N–H and O–H groups in total. The molecule has 0 spiro atoms. The average Bonchev–Trinajstić information content (AvgIpc) is 2.68. The van der Waals surface area contributed by atoms with Crippen molar-refractivity contribution in [2.24, 2.45) is 0 Å². The normalized spacial score (nSPS) is 21.6. The molecular formula is C23H34N4S+2. The number of piperazine rings is 1. The van der Waals surface area contributed by atoms with Crippen molar-refractivity contribution in [1.82, 2.24) is 5.32 Å². The van der Waals surface area contributed by atoms with Crippen LogP contribution in [0.5, 0.6) is 0 Å². The second-order valence-electron chi connectivity index (χ2n) is 8.14. The molecule has 0 amide bonds. The van der Waals surface area contributed by atoms with Crippen LogP contribution >= 0.6 is 12.2 Å². The van der Waals surface area contributed by atoms with Crippen LogP contribution < -0.4 is 20.4 Å². The number of anilines is 1. The summed E-state index contributed by atoms with van der Waals surface area (Å²) in [5, 5.41) is 7.68. The van der Waals surface area contributed by atoms with E-state index in [4.69, 9.17) is 12.2 Å². The largest absolute Gasteiger partial charge is 0.354 e. The van der Waals surface area contributed by atoms with E-state index < -0.39 is 0 Å². The summed E-state index contributed by atoms with van der Waals surface area (Å²) in [6.07, 6.45) is 0. The first-order valence-electron chi connectivity index (χ1n) is 10.3. The molecule has 1 saturated heterocycles. The summed E-state index contributed by atoms with van der Waals surface area (Å²) in [5.41, 5.74) is 4.97. The third-order valence-corrected chi connectivity index (χ3v) is 6.28. The number of quaternary nitrogens is 2. The average molecular weight is 399 g/mol. The van der Waals surface area contributed by atoms with Crippen LogP contribution in [0.25, 0.3) is 0 Å². The molecule has 1 aliphatic heterocycles. The van der Waals surface area contributed by atoms with Gasteiger partial charge in [-0.3, -0.25) is 0 Å². The smallest absolute Gasteiger partial charge is 0.171 e. The minimum Gasteiger partial charge on any atom is -0.354 e. The van der Waals surface area contributed by atoms with E-state index >= 15 is 0 Å². The van der Waals surface area contributed by atoms with E-state index in [1.165, 1.54) is 42.9 Å². The number of hydrogen-bond donors (Lipinski definition) is 4.